The molecule has 0 spiro atoms. The minimum absolute atomic E-state index is 0.0318. The summed E-state index contributed by atoms with van der Waals surface area (Å²) in [5, 5.41) is 10.5. The molecule has 0 radical (unpaired) electrons. The highest BCUT2D eigenvalue weighted by Crippen LogP contribution is 2.50. The summed E-state index contributed by atoms with van der Waals surface area (Å²) in [6.45, 7) is -0.0318. The summed E-state index contributed by atoms with van der Waals surface area (Å²) in [7, 11) is 1.46. The van der Waals surface area contributed by atoms with Crippen molar-refractivity contribution in [1.82, 2.24) is 4.90 Å². The van der Waals surface area contributed by atoms with Gasteiger partial charge in [-0.3, -0.25) is 9.69 Å². The van der Waals surface area contributed by atoms with Crippen LogP contribution in [0.4, 0.5) is 13.2 Å². The summed E-state index contributed by atoms with van der Waals surface area (Å²) in [6.07, 6.45) is -7.22. The third-order valence-electron chi connectivity index (χ3n) is 5.16. The van der Waals surface area contributed by atoms with Crippen molar-refractivity contribution in [2.45, 2.75) is 37.3 Å². The van der Waals surface area contributed by atoms with Gasteiger partial charge in [0, 0.05) is 5.56 Å². The van der Waals surface area contributed by atoms with Crippen LogP contribution in [0.15, 0.2) is 59.6 Å². The van der Waals surface area contributed by atoms with Gasteiger partial charge in [-0.1, -0.05) is 42.5 Å². The largest absolute Gasteiger partial charge is 0.497 e. The Balaban J connectivity index is 1.71. The summed E-state index contributed by atoms with van der Waals surface area (Å²) in [4.78, 5) is 17.0. The molecule has 2 aliphatic rings. The van der Waals surface area contributed by atoms with Crippen molar-refractivity contribution in [3.05, 3.63) is 65.7 Å². The lowest BCUT2D eigenvalue weighted by atomic mass is 10.0. The van der Waals surface area contributed by atoms with Crippen molar-refractivity contribution in [3.63, 3.8) is 0 Å². The molecule has 10 heteroatoms. The highest BCUT2D eigenvalue weighted by atomic mass is 19.4. The highest BCUT2D eigenvalue weighted by Gasteiger charge is 2.70. The van der Waals surface area contributed by atoms with E-state index in [1.54, 1.807) is 42.5 Å². The van der Waals surface area contributed by atoms with E-state index >= 15 is 0 Å². The zero-order chi connectivity index (χ0) is 22.2. The number of ether oxygens (including phenoxy) is 3. The highest BCUT2D eigenvalue weighted by molar-refractivity contribution is 5.94. The molecular weight excluding hydrogens is 417 g/mol. The number of hydrogen-bond acceptors (Lipinski definition) is 6. The number of rotatable bonds is 4. The predicted octanol–water partition coefficient (Wildman–Crippen LogP) is 3.15. The first-order valence-corrected chi connectivity index (χ1v) is 9.40. The summed E-state index contributed by atoms with van der Waals surface area (Å²) in [5.41, 5.74) is 1.03. The summed E-state index contributed by atoms with van der Waals surface area (Å²) in [5.74, 6) is -3.93. The monoisotopic (exact) mass is 436 g/mol. The van der Waals surface area contributed by atoms with Crippen LogP contribution < -0.4 is 4.74 Å². The van der Waals surface area contributed by atoms with Gasteiger partial charge in [-0.25, -0.2) is 0 Å². The van der Waals surface area contributed by atoms with E-state index in [-0.39, 0.29) is 12.6 Å². The Morgan fingerprint density at radius 3 is 2.48 bits per heavy atom. The number of aliphatic imine (C=N–C) groups is 1. The number of amides is 1. The zero-order valence-corrected chi connectivity index (χ0v) is 16.4. The molecular formula is C21H19F3N2O5. The van der Waals surface area contributed by atoms with E-state index in [2.05, 4.69) is 4.99 Å². The molecule has 3 atom stereocenters. The second kappa shape index (κ2) is 7.86. The van der Waals surface area contributed by atoms with Crippen molar-refractivity contribution in [1.29, 1.82) is 0 Å². The van der Waals surface area contributed by atoms with E-state index in [1.807, 2.05) is 0 Å². The molecule has 1 N–H and O–H groups in total. The van der Waals surface area contributed by atoms with Crippen LogP contribution in [-0.4, -0.2) is 47.1 Å². The number of alkyl halides is 3. The van der Waals surface area contributed by atoms with E-state index in [0.29, 0.717) is 11.3 Å². The number of halogens is 3. The molecule has 0 bridgehead atoms. The number of fused-ring (bicyclic) bond motifs is 1. The van der Waals surface area contributed by atoms with Crippen molar-refractivity contribution >= 4 is 11.9 Å². The van der Waals surface area contributed by atoms with Gasteiger partial charge < -0.3 is 19.3 Å². The van der Waals surface area contributed by atoms with E-state index in [9.17, 15) is 23.1 Å². The van der Waals surface area contributed by atoms with Gasteiger partial charge in [0.05, 0.1) is 13.5 Å². The Kier molecular flexibility index (Phi) is 5.36. The van der Waals surface area contributed by atoms with Crippen LogP contribution >= 0.6 is 0 Å². The van der Waals surface area contributed by atoms with Crippen LogP contribution in [0, 0.1) is 0 Å². The zero-order valence-electron chi connectivity index (χ0n) is 16.4. The number of amidine groups is 1. The van der Waals surface area contributed by atoms with Crippen LogP contribution in [-0.2, 0) is 20.9 Å². The number of hydrogen-bond donors (Lipinski definition) is 1. The van der Waals surface area contributed by atoms with Gasteiger partial charge in [-0.15, -0.1) is 0 Å². The number of carbonyl (C=O) groups excluding carboxylic acids is 1. The summed E-state index contributed by atoms with van der Waals surface area (Å²) in [6, 6.07) is 12.9. The fourth-order valence-electron chi connectivity index (χ4n) is 3.59. The maximum atomic E-state index is 13.8. The van der Waals surface area contributed by atoms with Crippen LogP contribution in [0.1, 0.15) is 23.8 Å². The maximum absolute atomic E-state index is 13.8. The molecule has 0 saturated carbocycles. The lowest BCUT2D eigenvalue weighted by Crippen LogP contribution is -2.58. The number of benzene rings is 2. The van der Waals surface area contributed by atoms with Crippen LogP contribution in [0.5, 0.6) is 5.75 Å². The first kappa shape index (κ1) is 21.1. The average molecular weight is 436 g/mol. The Hall–Kier alpha value is -3.11. The van der Waals surface area contributed by atoms with Crippen molar-refractivity contribution in [2.75, 3.05) is 7.11 Å². The summed E-state index contributed by atoms with van der Waals surface area (Å²) >= 11 is 0. The molecule has 2 aromatic carbocycles. The maximum Gasteiger partial charge on any atom is 0.445 e. The molecule has 1 fully saturated rings. The molecule has 31 heavy (non-hydrogen) atoms. The molecule has 2 aliphatic heterocycles. The minimum atomic E-state index is -5.15. The van der Waals surface area contributed by atoms with Gasteiger partial charge >= 0.3 is 6.18 Å². The Bertz CT molecular complexity index is 981. The SMILES string of the molecule is COc1ccc(C2OC(O)(C(F)(F)F)[C@@H]3CC(=O)N=C(OCc4ccccc4)N23)cc1. The number of carbonyl (C=O) groups is 1. The molecule has 4 rings (SSSR count). The van der Waals surface area contributed by atoms with Gasteiger partial charge in [0.15, 0.2) is 6.23 Å². The van der Waals surface area contributed by atoms with E-state index in [0.717, 1.165) is 10.5 Å². The normalized spacial score (nSPS) is 25.8. The third-order valence-corrected chi connectivity index (χ3v) is 5.16. The molecule has 1 saturated heterocycles. The van der Waals surface area contributed by atoms with Crippen molar-refractivity contribution in [2.24, 2.45) is 4.99 Å². The summed E-state index contributed by atoms with van der Waals surface area (Å²) < 4.78 is 57.3. The molecule has 2 heterocycles. The minimum Gasteiger partial charge on any atom is -0.497 e. The Morgan fingerprint density at radius 2 is 1.87 bits per heavy atom. The fourth-order valence-corrected chi connectivity index (χ4v) is 3.59. The average Bonchev–Trinajstić information content (AvgIpc) is 3.07. The number of methoxy groups -OCH3 is 1. The molecule has 2 unspecified atom stereocenters. The number of nitrogens with zero attached hydrogens (tertiary/aromatic N) is 2. The Labute approximate surface area is 175 Å². The molecule has 0 aromatic heterocycles. The van der Waals surface area contributed by atoms with E-state index < -0.39 is 36.6 Å². The Morgan fingerprint density at radius 1 is 1.19 bits per heavy atom. The second-order valence-electron chi connectivity index (χ2n) is 7.13. The fraction of sp³-hybridized carbons (Fsp3) is 0.333. The molecule has 7 nitrogen and oxygen atoms in total. The van der Waals surface area contributed by atoms with Gasteiger partial charge in [0.25, 0.3) is 17.7 Å². The van der Waals surface area contributed by atoms with Gasteiger partial charge in [0.2, 0.25) is 0 Å². The van der Waals surface area contributed by atoms with Crippen molar-refractivity contribution in [3.8, 4) is 5.75 Å². The van der Waals surface area contributed by atoms with E-state index in [1.165, 1.54) is 19.2 Å². The van der Waals surface area contributed by atoms with Gasteiger partial charge in [-0.05, 0) is 17.7 Å². The standard InChI is InChI=1S/C21H19F3N2O5/c1-29-15-9-7-14(8-10-15)18-26-16(20(28,31-18)21(22,23)24)11-17(27)25-19(26)30-12-13-5-3-2-4-6-13/h2-10,16,18,28H,11-12H2,1H3/t16-,18?,20?/m0/s1. The topological polar surface area (TPSA) is 80.6 Å². The first-order chi connectivity index (χ1) is 14.7. The van der Waals surface area contributed by atoms with Crippen LogP contribution in [0.3, 0.4) is 0 Å². The van der Waals surface area contributed by atoms with Crippen LogP contribution in [0.2, 0.25) is 0 Å². The first-order valence-electron chi connectivity index (χ1n) is 9.40. The van der Waals surface area contributed by atoms with Crippen LogP contribution in [0.25, 0.3) is 0 Å². The third kappa shape index (κ3) is 3.84. The predicted molar refractivity (Wildman–Crippen MR) is 102 cm³/mol. The molecule has 2 aromatic rings. The second-order valence-corrected chi connectivity index (χ2v) is 7.13. The molecule has 164 valence electrons. The molecule has 1 amide bonds. The quantitative estimate of drug-likeness (QED) is 0.793. The van der Waals surface area contributed by atoms with E-state index in [4.69, 9.17) is 14.2 Å². The van der Waals surface area contributed by atoms with Gasteiger partial charge in [0.1, 0.15) is 18.4 Å². The number of aliphatic hydroxyl groups is 1. The van der Waals surface area contributed by atoms with Gasteiger partial charge in [-0.2, -0.15) is 18.2 Å². The smallest absolute Gasteiger partial charge is 0.445 e. The molecule has 0 aliphatic carbocycles. The lowest BCUT2D eigenvalue weighted by Gasteiger charge is -2.35. The lowest BCUT2D eigenvalue weighted by molar-refractivity contribution is -0.362. The van der Waals surface area contributed by atoms with Crippen molar-refractivity contribution < 1.29 is 37.3 Å².